The Bertz CT molecular complexity index is 510. The number of carbonyl (C=O) groups excluding carboxylic acids is 2. The molecule has 0 aliphatic carbocycles. The molecule has 2 rings (SSSR count). The lowest BCUT2D eigenvalue weighted by Gasteiger charge is -2.28. The third-order valence-electron chi connectivity index (χ3n) is 3.34. The zero-order valence-electron chi connectivity index (χ0n) is 12.2. The van der Waals surface area contributed by atoms with E-state index in [0.29, 0.717) is 6.04 Å². The van der Waals surface area contributed by atoms with Crippen molar-refractivity contribution < 1.29 is 9.59 Å². The highest BCUT2D eigenvalue weighted by Crippen LogP contribution is 2.20. The number of anilines is 1. The Morgan fingerprint density at radius 1 is 1.25 bits per heavy atom. The summed E-state index contributed by atoms with van der Waals surface area (Å²) in [5.41, 5.74) is 3.31. The Morgan fingerprint density at radius 2 is 1.90 bits per heavy atom. The fourth-order valence-corrected chi connectivity index (χ4v) is 2.21. The number of nitrogens with one attached hydrogen (secondary N) is 2. The van der Waals surface area contributed by atoms with Gasteiger partial charge in [-0.3, -0.25) is 14.9 Å². The summed E-state index contributed by atoms with van der Waals surface area (Å²) in [6.07, 6.45) is 0. The highest BCUT2D eigenvalue weighted by atomic mass is 16.2. The van der Waals surface area contributed by atoms with E-state index >= 15 is 0 Å². The molecule has 1 aliphatic rings. The van der Waals surface area contributed by atoms with Crippen LogP contribution in [0.1, 0.15) is 25.0 Å². The van der Waals surface area contributed by atoms with Gasteiger partial charge in [-0.05, 0) is 30.2 Å². The summed E-state index contributed by atoms with van der Waals surface area (Å²) in [4.78, 5) is 24.6. The van der Waals surface area contributed by atoms with Crippen molar-refractivity contribution in [3.05, 3.63) is 29.3 Å². The highest BCUT2D eigenvalue weighted by molar-refractivity contribution is 6.02. The van der Waals surface area contributed by atoms with Crippen molar-refractivity contribution in [1.29, 1.82) is 0 Å². The quantitative estimate of drug-likeness (QED) is 0.803. The van der Waals surface area contributed by atoms with Gasteiger partial charge in [0, 0.05) is 18.3 Å². The van der Waals surface area contributed by atoms with Crippen LogP contribution in [0.5, 0.6) is 0 Å². The van der Waals surface area contributed by atoms with Gasteiger partial charge in [0.1, 0.15) is 0 Å². The molecule has 20 heavy (non-hydrogen) atoms. The topological polar surface area (TPSA) is 61.4 Å². The van der Waals surface area contributed by atoms with Crippen LogP contribution in [0.25, 0.3) is 0 Å². The van der Waals surface area contributed by atoms with Crippen molar-refractivity contribution in [2.75, 3.05) is 18.0 Å². The number of carbonyl (C=O) groups is 2. The molecule has 0 saturated carbocycles. The first-order valence-electron chi connectivity index (χ1n) is 6.86. The fourth-order valence-electron chi connectivity index (χ4n) is 2.21. The van der Waals surface area contributed by atoms with E-state index in [1.165, 1.54) is 5.56 Å². The van der Waals surface area contributed by atoms with E-state index in [0.717, 1.165) is 17.8 Å². The molecule has 1 aromatic rings. The summed E-state index contributed by atoms with van der Waals surface area (Å²) in [5.74, 6) is -0.492. The molecule has 0 radical (unpaired) electrons. The predicted molar refractivity (Wildman–Crippen MR) is 78.5 cm³/mol. The molecule has 0 aromatic heterocycles. The fraction of sp³-hybridized carbons (Fsp3) is 0.467. The number of rotatable bonds is 4. The Balaban J connectivity index is 2.12. The van der Waals surface area contributed by atoms with Crippen LogP contribution in [0.3, 0.4) is 0 Å². The minimum Gasteiger partial charge on any atom is -0.353 e. The van der Waals surface area contributed by atoms with E-state index in [2.05, 4.69) is 30.5 Å². The number of hydrogen-bond acceptors (Lipinski definition) is 4. The lowest BCUT2D eigenvalue weighted by molar-refractivity contribution is -0.130. The maximum Gasteiger partial charge on any atom is 0.246 e. The normalized spacial score (nSPS) is 15.7. The first-order valence-corrected chi connectivity index (χ1v) is 6.86. The molecule has 1 aromatic carbocycles. The number of benzene rings is 1. The summed E-state index contributed by atoms with van der Waals surface area (Å²) < 4.78 is 0. The molecule has 108 valence electrons. The number of hydrogen-bond donors (Lipinski definition) is 2. The molecule has 5 nitrogen and oxygen atoms in total. The van der Waals surface area contributed by atoms with Gasteiger partial charge >= 0.3 is 0 Å². The van der Waals surface area contributed by atoms with Gasteiger partial charge in [0.05, 0.1) is 13.1 Å². The number of nitrogens with zero attached hydrogens (tertiary/aromatic N) is 1. The molecule has 0 atom stereocenters. The Morgan fingerprint density at radius 3 is 2.45 bits per heavy atom. The molecule has 1 saturated heterocycles. The van der Waals surface area contributed by atoms with E-state index in [4.69, 9.17) is 0 Å². The number of aryl methyl sites for hydroxylation is 1. The lowest BCUT2D eigenvalue weighted by atomic mass is 10.1. The van der Waals surface area contributed by atoms with Crippen LogP contribution in [0.2, 0.25) is 0 Å². The van der Waals surface area contributed by atoms with Gasteiger partial charge in [-0.1, -0.05) is 19.9 Å². The van der Waals surface area contributed by atoms with Gasteiger partial charge in [0.2, 0.25) is 11.8 Å². The van der Waals surface area contributed by atoms with Gasteiger partial charge in [0.25, 0.3) is 0 Å². The highest BCUT2D eigenvalue weighted by Gasteiger charge is 2.22. The zero-order chi connectivity index (χ0) is 14.7. The summed E-state index contributed by atoms with van der Waals surface area (Å²) in [6, 6.07) is 6.49. The molecule has 2 amide bonds. The average molecular weight is 275 g/mol. The third kappa shape index (κ3) is 3.57. The van der Waals surface area contributed by atoms with Crippen molar-refractivity contribution in [2.24, 2.45) is 0 Å². The van der Waals surface area contributed by atoms with E-state index in [1.807, 2.05) is 19.1 Å². The summed E-state index contributed by atoms with van der Waals surface area (Å²) >= 11 is 0. The molecular weight excluding hydrogens is 254 g/mol. The largest absolute Gasteiger partial charge is 0.353 e. The second kappa shape index (κ2) is 6.05. The number of piperazine rings is 1. The first kappa shape index (κ1) is 14.5. The molecule has 2 N–H and O–H groups in total. The molecular formula is C15H21N3O2. The van der Waals surface area contributed by atoms with Gasteiger partial charge in [-0.25, -0.2) is 0 Å². The molecule has 1 aliphatic heterocycles. The second-order valence-electron chi connectivity index (χ2n) is 5.47. The minimum atomic E-state index is -0.246. The van der Waals surface area contributed by atoms with Crippen LogP contribution in [0.4, 0.5) is 5.69 Å². The molecule has 0 spiro atoms. The second-order valence-corrected chi connectivity index (χ2v) is 5.47. The molecule has 0 bridgehead atoms. The van der Waals surface area contributed by atoms with E-state index < -0.39 is 0 Å². The van der Waals surface area contributed by atoms with E-state index in [1.54, 1.807) is 4.90 Å². The van der Waals surface area contributed by atoms with Gasteiger partial charge < -0.3 is 10.2 Å². The first-order chi connectivity index (χ1) is 9.45. The van der Waals surface area contributed by atoms with Crippen molar-refractivity contribution in [3.8, 4) is 0 Å². The van der Waals surface area contributed by atoms with Crippen LogP contribution < -0.4 is 15.5 Å². The van der Waals surface area contributed by atoms with Gasteiger partial charge in [0.15, 0.2) is 0 Å². The van der Waals surface area contributed by atoms with Crippen molar-refractivity contribution in [2.45, 2.75) is 33.4 Å². The lowest BCUT2D eigenvalue weighted by Crippen LogP contribution is -2.51. The standard InChI is InChI=1S/C15H21N3O2/c1-10(2)16-7-12-4-5-13(6-11(12)3)18-8-14(19)17-15(20)9-18/h4-6,10,16H,7-9H2,1-3H3,(H,17,19,20). The third-order valence-corrected chi connectivity index (χ3v) is 3.34. The maximum absolute atomic E-state index is 11.4. The Kier molecular flexibility index (Phi) is 4.39. The SMILES string of the molecule is Cc1cc(N2CC(=O)NC(=O)C2)ccc1CNC(C)C. The zero-order valence-corrected chi connectivity index (χ0v) is 12.2. The Hall–Kier alpha value is -1.88. The molecule has 0 unspecified atom stereocenters. The predicted octanol–water partition coefficient (Wildman–Crippen LogP) is 0.956. The minimum absolute atomic E-state index is 0.231. The molecule has 5 heteroatoms. The van der Waals surface area contributed by atoms with Crippen LogP contribution >= 0.6 is 0 Å². The van der Waals surface area contributed by atoms with Crippen LogP contribution in [0.15, 0.2) is 18.2 Å². The smallest absolute Gasteiger partial charge is 0.246 e. The van der Waals surface area contributed by atoms with E-state index in [-0.39, 0.29) is 24.9 Å². The van der Waals surface area contributed by atoms with Gasteiger partial charge in [-0.2, -0.15) is 0 Å². The van der Waals surface area contributed by atoms with Crippen LogP contribution in [-0.4, -0.2) is 30.9 Å². The monoisotopic (exact) mass is 275 g/mol. The van der Waals surface area contributed by atoms with Crippen molar-refractivity contribution in [1.82, 2.24) is 10.6 Å². The Labute approximate surface area is 119 Å². The summed E-state index contributed by atoms with van der Waals surface area (Å²) in [5, 5.41) is 5.69. The molecule has 1 heterocycles. The van der Waals surface area contributed by atoms with E-state index in [9.17, 15) is 9.59 Å². The number of imide groups is 1. The average Bonchev–Trinajstić information content (AvgIpc) is 2.35. The van der Waals surface area contributed by atoms with Gasteiger partial charge in [-0.15, -0.1) is 0 Å². The summed E-state index contributed by atoms with van der Waals surface area (Å²) in [6.45, 7) is 7.56. The molecule has 1 fully saturated rings. The van der Waals surface area contributed by atoms with Crippen LogP contribution in [-0.2, 0) is 16.1 Å². The van der Waals surface area contributed by atoms with Crippen molar-refractivity contribution in [3.63, 3.8) is 0 Å². The maximum atomic E-state index is 11.4. The van der Waals surface area contributed by atoms with Crippen molar-refractivity contribution >= 4 is 17.5 Å². The number of amides is 2. The summed E-state index contributed by atoms with van der Waals surface area (Å²) in [7, 11) is 0. The van der Waals surface area contributed by atoms with Crippen LogP contribution in [0, 0.1) is 6.92 Å².